The van der Waals surface area contributed by atoms with E-state index < -0.39 is 0 Å². The van der Waals surface area contributed by atoms with Gasteiger partial charge in [0.15, 0.2) is 0 Å². The summed E-state index contributed by atoms with van der Waals surface area (Å²) in [5.41, 5.74) is 1.80. The smallest absolute Gasteiger partial charge is 0.251 e. The molecule has 0 aliphatic carbocycles. The highest BCUT2D eigenvalue weighted by molar-refractivity contribution is 5.95. The Morgan fingerprint density at radius 3 is 2.63 bits per heavy atom. The normalized spacial score (nSPS) is 17.4. The summed E-state index contributed by atoms with van der Waals surface area (Å²) in [6.07, 6.45) is 5.93. The standard InChI is InChI=1S/C23H34N2O2/c1-5-9-19(3)27-20(4)16-18(2)23(26)24-22-12-14-25(15-13-22)17-21-10-7-6-8-11-21/h6-8,10-11,16,19,22H,2,5,9,12-15,17H2,1,3-4H3,(H,24,26)/b20-16+. The molecular formula is C23H34N2O2. The van der Waals surface area contributed by atoms with E-state index in [0.29, 0.717) is 5.57 Å². The van der Waals surface area contributed by atoms with E-state index in [0.717, 1.165) is 51.1 Å². The summed E-state index contributed by atoms with van der Waals surface area (Å²) in [4.78, 5) is 14.9. The third kappa shape index (κ3) is 7.59. The molecule has 1 fully saturated rings. The molecule has 0 saturated carbocycles. The van der Waals surface area contributed by atoms with Crippen molar-refractivity contribution in [2.45, 2.75) is 65.1 Å². The highest BCUT2D eigenvalue weighted by Crippen LogP contribution is 2.15. The molecule has 1 amide bonds. The molecule has 1 unspecified atom stereocenters. The Balaban J connectivity index is 1.74. The summed E-state index contributed by atoms with van der Waals surface area (Å²) in [5.74, 6) is 0.649. The minimum atomic E-state index is -0.0948. The Hall–Kier alpha value is -2.07. The predicted octanol–water partition coefficient (Wildman–Crippen LogP) is 4.43. The van der Waals surface area contributed by atoms with Crippen LogP contribution in [0.4, 0.5) is 0 Å². The van der Waals surface area contributed by atoms with Crippen molar-refractivity contribution < 1.29 is 9.53 Å². The monoisotopic (exact) mass is 370 g/mol. The summed E-state index contributed by atoms with van der Waals surface area (Å²) in [6.45, 7) is 12.9. The van der Waals surface area contributed by atoms with Gasteiger partial charge < -0.3 is 10.1 Å². The van der Waals surface area contributed by atoms with Gasteiger partial charge in [-0.3, -0.25) is 9.69 Å². The molecule has 1 aliphatic rings. The molecule has 1 saturated heterocycles. The Bertz CT molecular complexity index is 631. The number of likely N-dealkylation sites (tertiary alicyclic amines) is 1. The second-order valence-electron chi connectivity index (χ2n) is 7.51. The lowest BCUT2D eigenvalue weighted by Gasteiger charge is -2.32. The number of nitrogens with one attached hydrogen (secondary N) is 1. The van der Waals surface area contributed by atoms with E-state index in [4.69, 9.17) is 4.74 Å². The van der Waals surface area contributed by atoms with Crippen LogP contribution in [0, 0.1) is 0 Å². The third-order valence-corrected chi connectivity index (χ3v) is 4.92. The number of hydrogen-bond acceptors (Lipinski definition) is 3. The minimum Gasteiger partial charge on any atom is -0.495 e. The van der Waals surface area contributed by atoms with Gasteiger partial charge in [-0.25, -0.2) is 0 Å². The van der Waals surface area contributed by atoms with Crippen LogP contribution in [-0.2, 0) is 16.1 Å². The van der Waals surface area contributed by atoms with Gasteiger partial charge in [0.2, 0.25) is 0 Å². The number of benzene rings is 1. The SMILES string of the molecule is C=C(/C=C(\C)OC(C)CCC)C(=O)NC1CCN(Cc2ccccc2)CC1. The molecule has 27 heavy (non-hydrogen) atoms. The molecule has 148 valence electrons. The molecule has 0 bridgehead atoms. The third-order valence-electron chi connectivity index (χ3n) is 4.92. The first-order valence-corrected chi connectivity index (χ1v) is 10.1. The van der Waals surface area contributed by atoms with E-state index in [9.17, 15) is 4.79 Å². The van der Waals surface area contributed by atoms with E-state index >= 15 is 0 Å². The summed E-state index contributed by atoms with van der Waals surface area (Å²) < 4.78 is 5.79. The van der Waals surface area contributed by atoms with Crippen molar-refractivity contribution in [3.05, 3.63) is 59.9 Å². The van der Waals surface area contributed by atoms with Crippen molar-refractivity contribution in [1.82, 2.24) is 10.2 Å². The minimum absolute atomic E-state index is 0.0948. The van der Waals surface area contributed by atoms with Crippen molar-refractivity contribution >= 4 is 5.91 Å². The van der Waals surface area contributed by atoms with E-state index in [1.807, 2.05) is 19.9 Å². The molecule has 1 heterocycles. The molecule has 1 aromatic rings. The number of piperidine rings is 1. The molecule has 4 heteroatoms. The fourth-order valence-corrected chi connectivity index (χ4v) is 3.48. The zero-order chi connectivity index (χ0) is 19.6. The lowest BCUT2D eigenvalue weighted by Crippen LogP contribution is -2.44. The number of carbonyl (C=O) groups is 1. The Labute approximate surface area is 164 Å². The van der Waals surface area contributed by atoms with Crippen molar-refractivity contribution in [3.63, 3.8) is 0 Å². The van der Waals surface area contributed by atoms with Crippen molar-refractivity contribution in [1.29, 1.82) is 0 Å². The topological polar surface area (TPSA) is 41.6 Å². The molecule has 0 radical (unpaired) electrons. The number of rotatable bonds is 9. The molecule has 1 aromatic carbocycles. The Morgan fingerprint density at radius 1 is 1.33 bits per heavy atom. The van der Waals surface area contributed by atoms with Crippen LogP contribution in [0.2, 0.25) is 0 Å². The van der Waals surface area contributed by atoms with Gasteiger partial charge in [0, 0.05) is 31.2 Å². The quantitative estimate of drug-likeness (QED) is 0.397. The molecule has 2 rings (SSSR count). The van der Waals surface area contributed by atoms with Gasteiger partial charge in [-0.2, -0.15) is 0 Å². The first kappa shape index (κ1) is 21.2. The molecule has 4 nitrogen and oxygen atoms in total. The Morgan fingerprint density at radius 2 is 2.00 bits per heavy atom. The molecule has 1 atom stereocenters. The highest BCUT2D eigenvalue weighted by Gasteiger charge is 2.21. The van der Waals surface area contributed by atoms with E-state index in [2.05, 4.69) is 48.0 Å². The predicted molar refractivity (Wildman–Crippen MR) is 111 cm³/mol. The van der Waals surface area contributed by atoms with E-state index in [-0.39, 0.29) is 18.1 Å². The molecule has 1 aliphatic heterocycles. The lowest BCUT2D eigenvalue weighted by molar-refractivity contribution is -0.118. The summed E-state index contributed by atoms with van der Waals surface area (Å²) in [7, 11) is 0. The lowest BCUT2D eigenvalue weighted by atomic mass is 10.0. The van der Waals surface area contributed by atoms with Crippen LogP contribution in [0.1, 0.15) is 52.0 Å². The van der Waals surface area contributed by atoms with Gasteiger partial charge in [-0.05, 0) is 44.7 Å². The summed E-state index contributed by atoms with van der Waals surface area (Å²) in [6, 6.07) is 10.7. The van der Waals surface area contributed by atoms with Crippen molar-refractivity contribution in [2.24, 2.45) is 0 Å². The van der Waals surface area contributed by atoms with Crippen LogP contribution in [-0.4, -0.2) is 36.0 Å². The van der Waals surface area contributed by atoms with Gasteiger partial charge in [-0.1, -0.05) is 50.3 Å². The van der Waals surface area contributed by atoms with Crippen LogP contribution in [0.5, 0.6) is 0 Å². The zero-order valence-corrected chi connectivity index (χ0v) is 17.0. The highest BCUT2D eigenvalue weighted by atomic mass is 16.5. The first-order chi connectivity index (χ1) is 13.0. The van der Waals surface area contributed by atoms with Crippen LogP contribution < -0.4 is 5.32 Å². The van der Waals surface area contributed by atoms with E-state index in [1.54, 1.807) is 6.08 Å². The number of allylic oxidation sites excluding steroid dienone is 1. The number of carbonyl (C=O) groups excluding carboxylic acids is 1. The summed E-state index contributed by atoms with van der Waals surface area (Å²) >= 11 is 0. The van der Waals surface area contributed by atoms with Gasteiger partial charge in [0.25, 0.3) is 5.91 Å². The summed E-state index contributed by atoms with van der Waals surface area (Å²) in [5, 5.41) is 3.12. The van der Waals surface area contributed by atoms with Gasteiger partial charge >= 0.3 is 0 Å². The molecule has 0 aromatic heterocycles. The largest absolute Gasteiger partial charge is 0.495 e. The first-order valence-electron chi connectivity index (χ1n) is 10.1. The van der Waals surface area contributed by atoms with Crippen LogP contribution in [0.3, 0.4) is 0 Å². The second kappa shape index (κ2) is 10.9. The maximum Gasteiger partial charge on any atom is 0.251 e. The van der Waals surface area contributed by atoms with Gasteiger partial charge in [-0.15, -0.1) is 0 Å². The molecular weight excluding hydrogens is 336 g/mol. The molecule has 0 spiro atoms. The van der Waals surface area contributed by atoms with Crippen molar-refractivity contribution in [3.8, 4) is 0 Å². The van der Waals surface area contributed by atoms with Gasteiger partial charge in [0.05, 0.1) is 11.9 Å². The number of ether oxygens (including phenoxy) is 1. The fraction of sp³-hybridized carbons (Fsp3) is 0.522. The van der Waals surface area contributed by atoms with Crippen LogP contribution >= 0.6 is 0 Å². The van der Waals surface area contributed by atoms with E-state index in [1.165, 1.54) is 5.56 Å². The van der Waals surface area contributed by atoms with Crippen LogP contribution in [0.15, 0.2) is 54.3 Å². The average Bonchev–Trinajstić information content (AvgIpc) is 2.64. The average molecular weight is 371 g/mol. The number of hydrogen-bond donors (Lipinski definition) is 1. The zero-order valence-electron chi connectivity index (χ0n) is 17.0. The maximum absolute atomic E-state index is 12.4. The Kier molecular flexibility index (Phi) is 8.59. The number of nitrogens with zero attached hydrogens (tertiary/aromatic N) is 1. The fourth-order valence-electron chi connectivity index (χ4n) is 3.48. The van der Waals surface area contributed by atoms with Crippen LogP contribution in [0.25, 0.3) is 0 Å². The number of amides is 1. The van der Waals surface area contributed by atoms with Gasteiger partial charge in [0.1, 0.15) is 0 Å². The van der Waals surface area contributed by atoms with Crippen molar-refractivity contribution in [2.75, 3.05) is 13.1 Å². The second-order valence-corrected chi connectivity index (χ2v) is 7.51. The maximum atomic E-state index is 12.4. The molecule has 1 N–H and O–H groups in total.